The summed E-state index contributed by atoms with van der Waals surface area (Å²) in [7, 11) is 0. The molecule has 9 heteroatoms. The average Bonchev–Trinajstić information content (AvgIpc) is 2.35. The van der Waals surface area contributed by atoms with Gasteiger partial charge in [0.05, 0.1) is 15.5 Å². The van der Waals surface area contributed by atoms with E-state index in [1.807, 2.05) is 0 Å². The predicted octanol–water partition coefficient (Wildman–Crippen LogP) is 1.33. The first-order valence-corrected chi connectivity index (χ1v) is 6.17. The number of nitrogens with zero attached hydrogens (tertiary/aromatic N) is 1. The topological polar surface area (TPSA) is 119 Å². The van der Waals surface area contributed by atoms with Gasteiger partial charge in [-0.05, 0) is 22.0 Å². The third-order valence-corrected chi connectivity index (χ3v) is 2.86. The molecule has 8 nitrogen and oxygen atoms in total. The highest BCUT2D eigenvalue weighted by atomic mass is 79.9. The number of carboxylic acids is 1. The maximum absolute atomic E-state index is 10.9. The van der Waals surface area contributed by atoms with Gasteiger partial charge in [0.2, 0.25) is 5.91 Å². The molecule has 0 aliphatic carbocycles. The molecule has 0 aliphatic heterocycles. The van der Waals surface area contributed by atoms with E-state index in [0.29, 0.717) is 4.47 Å². The number of rotatable bonds is 6. The molecule has 2 N–H and O–H groups in total. The van der Waals surface area contributed by atoms with Crippen molar-refractivity contribution in [1.29, 1.82) is 0 Å². The lowest BCUT2D eigenvalue weighted by Crippen LogP contribution is -2.43. The molecule has 1 aromatic carbocycles. The molecular formula is C11H11BrN2O6. The second-order valence-corrected chi connectivity index (χ2v) is 4.63. The third kappa shape index (κ3) is 4.50. The molecule has 20 heavy (non-hydrogen) atoms. The van der Waals surface area contributed by atoms with Crippen molar-refractivity contribution in [3.63, 3.8) is 0 Å². The van der Waals surface area contributed by atoms with Gasteiger partial charge >= 0.3 is 5.97 Å². The molecule has 1 amide bonds. The van der Waals surface area contributed by atoms with Crippen molar-refractivity contribution < 1.29 is 24.4 Å². The summed E-state index contributed by atoms with van der Waals surface area (Å²) in [4.78, 5) is 31.8. The van der Waals surface area contributed by atoms with Crippen LogP contribution in [0.5, 0.6) is 5.75 Å². The minimum Gasteiger partial charge on any atom is -0.489 e. The van der Waals surface area contributed by atoms with Crippen LogP contribution in [0.2, 0.25) is 0 Å². The van der Waals surface area contributed by atoms with Crippen molar-refractivity contribution in [3.05, 3.63) is 32.8 Å². The lowest BCUT2D eigenvalue weighted by Gasteiger charge is -2.15. The van der Waals surface area contributed by atoms with Gasteiger partial charge < -0.3 is 15.2 Å². The highest BCUT2D eigenvalue weighted by Crippen LogP contribution is 2.29. The number of non-ortho nitro benzene ring substituents is 1. The highest BCUT2D eigenvalue weighted by Gasteiger charge is 2.20. The Hall–Kier alpha value is -2.16. The average molecular weight is 347 g/mol. The minimum absolute atomic E-state index is 0.121. The fourth-order valence-electron chi connectivity index (χ4n) is 1.31. The number of nitro groups is 1. The number of ether oxygens (including phenoxy) is 1. The monoisotopic (exact) mass is 346 g/mol. The number of hydrogen-bond acceptors (Lipinski definition) is 5. The van der Waals surface area contributed by atoms with Gasteiger partial charge in [-0.3, -0.25) is 14.9 Å². The van der Waals surface area contributed by atoms with Crippen LogP contribution in [0.3, 0.4) is 0 Å². The number of amides is 1. The third-order valence-electron chi connectivity index (χ3n) is 2.21. The Kier molecular flexibility index (Phi) is 5.44. The zero-order chi connectivity index (χ0) is 15.3. The van der Waals surface area contributed by atoms with Crippen LogP contribution in [0.25, 0.3) is 0 Å². The minimum atomic E-state index is -1.26. The first-order chi connectivity index (χ1) is 9.31. The van der Waals surface area contributed by atoms with Crippen molar-refractivity contribution in [2.45, 2.75) is 13.0 Å². The predicted molar refractivity (Wildman–Crippen MR) is 71.5 cm³/mol. The number of nitro benzene ring substituents is 1. The van der Waals surface area contributed by atoms with Gasteiger partial charge in [0, 0.05) is 13.0 Å². The zero-order valence-corrected chi connectivity index (χ0v) is 11.9. The molecule has 0 spiro atoms. The van der Waals surface area contributed by atoms with Crippen LogP contribution in [0.1, 0.15) is 6.92 Å². The second kappa shape index (κ2) is 6.85. The van der Waals surface area contributed by atoms with E-state index in [2.05, 4.69) is 21.2 Å². The van der Waals surface area contributed by atoms with E-state index in [0.717, 1.165) is 6.07 Å². The summed E-state index contributed by atoms with van der Waals surface area (Å²) in [6.07, 6.45) is 0. The van der Waals surface area contributed by atoms with Crippen LogP contribution in [0.15, 0.2) is 22.7 Å². The van der Waals surface area contributed by atoms with Crippen molar-refractivity contribution in [3.8, 4) is 5.75 Å². The molecule has 1 unspecified atom stereocenters. The number of halogens is 1. The molecule has 108 valence electrons. The number of nitrogens with one attached hydrogen (secondary N) is 1. The van der Waals surface area contributed by atoms with E-state index in [1.54, 1.807) is 0 Å². The molecule has 0 heterocycles. The van der Waals surface area contributed by atoms with Gasteiger partial charge in [-0.1, -0.05) is 0 Å². The summed E-state index contributed by atoms with van der Waals surface area (Å²) in [6.45, 7) is 0.827. The van der Waals surface area contributed by atoms with Crippen molar-refractivity contribution in [1.82, 2.24) is 5.32 Å². The van der Waals surface area contributed by atoms with E-state index in [1.165, 1.54) is 19.1 Å². The Morgan fingerprint density at radius 1 is 1.55 bits per heavy atom. The van der Waals surface area contributed by atoms with E-state index < -0.39 is 22.8 Å². The molecule has 1 rings (SSSR count). The van der Waals surface area contributed by atoms with Gasteiger partial charge in [0.25, 0.3) is 5.69 Å². The number of carboxylic acid groups (broad SMARTS) is 1. The molecule has 0 saturated carbocycles. The first-order valence-electron chi connectivity index (χ1n) is 5.38. The van der Waals surface area contributed by atoms with Crippen molar-refractivity contribution in [2.24, 2.45) is 0 Å². The number of carbonyl (C=O) groups is 2. The van der Waals surface area contributed by atoms with Gasteiger partial charge in [0.1, 0.15) is 12.4 Å². The summed E-state index contributed by atoms with van der Waals surface area (Å²) in [6, 6.07) is 2.62. The van der Waals surface area contributed by atoms with Crippen LogP contribution in [-0.4, -0.2) is 34.6 Å². The van der Waals surface area contributed by atoms with E-state index >= 15 is 0 Å². The number of benzene rings is 1. The largest absolute Gasteiger partial charge is 0.489 e. The van der Waals surface area contributed by atoms with Crippen molar-refractivity contribution >= 4 is 33.5 Å². The van der Waals surface area contributed by atoms with Gasteiger partial charge in [-0.25, -0.2) is 4.79 Å². The molecule has 0 radical (unpaired) electrons. The standard InChI is InChI=1S/C11H11BrN2O6/c1-6(15)13-9(11(16)17)5-20-10-4-7(14(18)19)2-3-8(10)12/h2-4,9H,5H2,1H3,(H,13,15)(H,16,17). The maximum atomic E-state index is 10.9. The molecule has 1 atom stereocenters. The molecule has 0 saturated heterocycles. The van der Waals surface area contributed by atoms with E-state index in [-0.39, 0.29) is 18.0 Å². The van der Waals surface area contributed by atoms with E-state index in [4.69, 9.17) is 9.84 Å². The molecular weight excluding hydrogens is 336 g/mol. The molecule has 1 aromatic rings. The molecule has 0 fully saturated rings. The molecule has 0 aromatic heterocycles. The second-order valence-electron chi connectivity index (χ2n) is 3.77. The zero-order valence-electron chi connectivity index (χ0n) is 10.3. The fourth-order valence-corrected chi connectivity index (χ4v) is 1.67. The Morgan fingerprint density at radius 3 is 2.70 bits per heavy atom. The molecule has 0 bridgehead atoms. The van der Waals surface area contributed by atoms with Crippen LogP contribution in [0, 0.1) is 10.1 Å². The normalized spacial score (nSPS) is 11.5. The Balaban J connectivity index is 2.81. The van der Waals surface area contributed by atoms with Crippen LogP contribution < -0.4 is 10.1 Å². The van der Waals surface area contributed by atoms with Crippen LogP contribution in [-0.2, 0) is 9.59 Å². The first kappa shape index (κ1) is 15.9. The van der Waals surface area contributed by atoms with Gasteiger partial charge in [-0.15, -0.1) is 0 Å². The van der Waals surface area contributed by atoms with Gasteiger partial charge in [-0.2, -0.15) is 0 Å². The summed E-state index contributed by atoms with van der Waals surface area (Å²) >= 11 is 3.14. The maximum Gasteiger partial charge on any atom is 0.329 e. The Labute approximate surface area is 122 Å². The highest BCUT2D eigenvalue weighted by molar-refractivity contribution is 9.10. The van der Waals surface area contributed by atoms with Gasteiger partial charge in [0.15, 0.2) is 6.04 Å². The summed E-state index contributed by atoms with van der Waals surface area (Å²) in [5.41, 5.74) is -0.186. The lowest BCUT2D eigenvalue weighted by molar-refractivity contribution is -0.385. The SMILES string of the molecule is CC(=O)NC(COc1cc([N+](=O)[O-])ccc1Br)C(=O)O. The van der Waals surface area contributed by atoms with E-state index in [9.17, 15) is 19.7 Å². The summed E-state index contributed by atoms with van der Waals surface area (Å²) in [5.74, 6) is -1.66. The van der Waals surface area contributed by atoms with Crippen LogP contribution in [0.4, 0.5) is 5.69 Å². The Bertz CT molecular complexity index is 548. The number of aliphatic carboxylic acids is 1. The van der Waals surface area contributed by atoms with Crippen LogP contribution >= 0.6 is 15.9 Å². The Morgan fingerprint density at radius 2 is 2.20 bits per heavy atom. The van der Waals surface area contributed by atoms with Crippen molar-refractivity contribution in [2.75, 3.05) is 6.61 Å². The quantitative estimate of drug-likeness (QED) is 0.592. The number of hydrogen-bond donors (Lipinski definition) is 2. The summed E-state index contributed by atoms with van der Waals surface area (Å²) in [5, 5.41) is 21.7. The fraction of sp³-hybridized carbons (Fsp3) is 0.273. The molecule has 0 aliphatic rings. The lowest BCUT2D eigenvalue weighted by atomic mass is 10.3. The summed E-state index contributed by atoms with van der Waals surface area (Å²) < 4.78 is 5.64. The smallest absolute Gasteiger partial charge is 0.329 e. The number of carbonyl (C=O) groups excluding carboxylic acids is 1.